The van der Waals surface area contributed by atoms with Crippen LogP contribution < -0.4 is 0 Å². The van der Waals surface area contributed by atoms with Gasteiger partial charge in [0.05, 0.1) is 68.6 Å². The first-order valence-corrected chi connectivity index (χ1v) is 21.5. The molecule has 10 aromatic rings. The lowest BCUT2D eigenvalue weighted by molar-refractivity contribution is 0.620. The van der Waals surface area contributed by atoms with Crippen LogP contribution in [0, 0.1) is 45.3 Å². The van der Waals surface area contributed by atoms with Crippen LogP contribution in [0.2, 0.25) is 0 Å². The number of rotatable bonds is 3. The standard InChI is InChI=1S/C53H28N6S2/c1-53-25-37(59-47-12-4-32(28-56)20-40(47)41-21-33(29-57)5-13-48(41)59)9-17-52(53)61-51-15-7-35(23-44(51)53)34-6-14-49-42(22-34)43-24-36(8-16-50(43)60-49)58-45-10-2-30(26-54)18-38(45)39-19-31(27-55)3-11-46(39)58/h2-25,52H,1H3. The molecule has 4 heterocycles. The number of thioether (sulfide) groups is 1. The van der Waals surface area contributed by atoms with Crippen molar-refractivity contribution in [2.45, 2.75) is 22.5 Å². The lowest BCUT2D eigenvalue weighted by Crippen LogP contribution is -2.29. The molecule has 0 saturated carbocycles. The molecule has 0 amide bonds. The highest BCUT2D eigenvalue weighted by atomic mass is 32.2. The van der Waals surface area contributed by atoms with Gasteiger partial charge in [-0.25, -0.2) is 0 Å². The van der Waals surface area contributed by atoms with Crippen LogP contribution in [0.15, 0.2) is 151 Å². The third-order valence-corrected chi connectivity index (χ3v) is 15.3. The molecule has 0 saturated heterocycles. The highest BCUT2D eigenvalue weighted by Gasteiger charge is 2.43. The van der Waals surface area contributed by atoms with E-state index in [1.165, 1.54) is 30.6 Å². The van der Waals surface area contributed by atoms with Gasteiger partial charge in [0.2, 0.25) is 0 Å². The summed E-state index contributed by atoms with van der Waals surface area (Å²) in [6.07, 6.45) is 6.95. The van der Waals surface area contributed by atoms with Crippen LogP contribution in [0.1, 0.15) is 34.7 Å². The quantitative estimate of drug-likeness (QED) is 0.177. The number of fused-ring (bicyclic) bond motifs is 12. The molecule has 8 heteroatoms. The molecule has 0 radical (unpaired) electrons. The molecule has 1 aliphatic heterocycles. The third-order valence-electron chi connectivity index (χ3n) is 12.6. The lowest BCUT2D eigenvalue weighted by atomic mass is 9.75. The van der Waals surface area contributed by atoms with Crippen LogP contribution in [0.3, 0.4) is 0 Å². The zero-order valence-electron chi connectivity index (χ0n) is 32.4. The molecule has 12 rings (SSSR count). The van der Waals surface area contributed by atoms with Gasteiger partial charge in [0, 0.05) is 68.7 Å². The fourth-order valence-electron chi connectivity index (χ4n) is 9.69. The molecule has 0 N–H and O–H groups in total. The van der Waals surface area contributed by atoms with Crippen molar-refractivity contribution in [2.75, 3.05) is 0 Å². The van der Waals surface area contributed by atoms with E-state index in [0.717, 1.165) is 66.1 Å². The van der Waals surface area contributed by atoms with Gasteiger partial charge in [-0.2, -0.15) is 21.0 Å². The molecule has 0 bridgehead atoms. The van der Waals surface area contributed by atoms with E-state index in [1.54, 1.807) is 11.3 Å². The fourth-order valence-corrected chi connectivity index (χ4v) is 12.2. The van der Waals surface area contributed by atoms with Crippen LogP contribution >= 0.6 is 23.1 Å². The van der Waals surface area contributed by atoms with Gasteiger partial charge in [-0.1, -0.05) is 25.1 Å². The number of hydrogen-bond acceptors (Lipinski definition) is 6. The van der Waals surface area contributed by atoms with Crippen molar-refractivity contribution in [1.82, 2.24) is 9.13 Å². The van der Waals surface area contributed by atoms with Crippen LogP contribution in [-0.2, 0) is 5.41 Å². The Kier molecular flexibility index (Phi) is 7.38. The van der Waals surface area contributed by atoms with E-state index in [1.807, 2.05) is 84.6 Å². The molecule has 7 aromatic carbocycles. The molecule has 61 heavy (non-hydrogen) atoms. The predicted octanol–water partition coefficient (Wildman–Crippen LogP) is 13.3. The summed E-state index contributed by atoms with van der Waals surface area (Å²) in [6, 6.07) is 52.7. The van der Waals surface area contributed by atoms with Gasteiger partial charge < -0.3 is 9.13 Å². The smallest absolute Gasteiger partial charge is 0.0991 e. The second-order valence-corrected chi connectivity index (χ2v) is 18.3. The topological polar surface area (TPSA) is 105 Å². The number of aromatic nitrogens is 2. The summed E-state index contributed by atoms with van der Waals surface area (Å²) in [5.74, 6) is 0. The Morgan fingerprint density at radius 2 is 1.00 bits per heavy atom. The van der Waals surface area contributed by atoms with Crippen LogP contribution in [-0.4, -0.2) is 14.4 Å². The van der Waals surface area contributed by atoms with Crippen molar-refractivity contribution in [2.24, 2.45) is 0 Å². The van der Waals surface area contributed by atoms with Crippen molar-refractivity contribution in [3.8, 4) is 41.1 Å². The highest BCUT2D eigenvalue weighted by molar-refractivity contribution is 8.00. The lowest BCUT2D eigenvalue weighted by Gasteiger charge is -2.31. The van der Waals surface area contributed by atoms with Crippen molar-refractivity contribution < 1.29 is 0 Å². The van der Waals surface area contributed by atoms with Crippen molar-refractivity contribution in [1.29, 1.82) is 21.0 Å². The Hall–Kier alpha value is -7.85. The summed E-state index contributed by atoms with van der Waals surface area (Å²) in [6.45, 7) is 2.34. The Bertz CT molecular complexity index is 3740. The minimum Gasteiger partial charge on any atom is -0.310 e. The highest BCUT2D eigenvalue weighted by Crippen LogP contribution is 2.54. The average Bonchev–Trinajstić information content (AvgIpc) is 4.02. The summed E-state index contributed by atoms with van der Waals surface area (Å²) in [5.41, 5.74) is 11.7. The van der Waals surface area contributed by atoms with Gasteiger partial charge in [0.15, 0.2) is 0 Å². The van der Waals surface area contributed by atoms with Crippen molar-refractivity contribution in [3.05, 3.63) is 173 Å². The third kappa shape index (κ3) is 5.05. The summed E-state index contributed by atoms with van der Waals surface area (Å²) in [7, 11) is 0. The first-order chi connectivity index (χ1) is 29.8. The zero-order valence-corrected chi connectivity index (χ0v) is 34.1. The van der Waals surface area contributed by atoms with Crippen molar-refractivity contribution in [3.63, 3.8) is 0 Å². The van der Waals surface area contributed by atoms with Gasteiger partial charge in [-0.05, 0) is 144 Å². The maximum absolute atomic E-state index is 9.74. The molecule has 1 aliphatic carbocycles. The molecule has 0 fully saturated rings. The molecule has 282 valence electrons. The Morgan fingerprint density at radius 1 is 0.508 bits per heavy atom. The summed E-state index contributed by atoms with van der Waals surface area (Å²) in [5, 5.41) is 45.3. The van der Waals surface area contributed by atoms with Gasteiger partial charge in [-0.3, -0.25) is 0 Å². The van der Waals surface area contributed by atoms with Crippen molar-refractivity contribution >= 4 is 92.6 Å². The van der Waals surface area contributed by atoms with E-state index in [9.17, 15) is 21.0 Å². The largest absolute Gasteiger partial charge is 0.310 e. The summed E-state index contributed by atoms with van der Waals surface area (Å²) >= 11 is 3.70. The number of nitrogens with zero attached hydrogens (tertiary/aromatic N) is 6. The normalized spacial score (nSPS) is 16.7. The Labute approximate surface area is 357 Å². The van der Waals surface area contributed by atoms with E-state index < -0.39 is 0 Å². The SMILES string of the molecule is CC12C=C(n3c4ccc(C#N)cc4c4cc(C#N)ccc43)C=CC1Sc1ccc(-c3ccc4sc5ccc(-n6c7ccc(C#N)cc7c7cc(C#N)ccc76)cc5c4c3)cc12. The molecular weight excluding hydrogens is 785 g/mol. The monoisotopic (exact) mass is 812 g/mol. The van der Waals surface area contributed by atoms with E-state index in [4.69, 9.17) is 0 Å². The molecule has 2 atom stereocenters. The number of hydrogen-bond donors (Lipinski definition) is 0. The molecule has 2 unspecified atom stereocenters. The minimum atomic E-state index is -0.291. The zero-order chi connectivity index (χ0) is 41.1. The molecule has 6 nitrogen and oxygen atoms in total. The van der Waals surface area contributed by atoms with Gasteiger partial charge in [-0.15, -0.1) is 23.1 Å². The van der Waals surface area contributed by atoms with Gasteiger partial charge in [0.1, 0.15) is 0 Å². The van der Waals surface area contributed by atoms with E-state index in [-0.39, 0.29) is 10.7 Å². The van der Waals surface area contributed by atoms with Gasteiger partial charge in [0.25, 0.3) is 0 Å². The van der Waals surface area contributed by atoms with Crippen LogP contribution in [0.4, 0.5) is 0 Å². The Balaban J connectivity index is 0.974. The second-order valence-electron chi connectivity index (χ2n) is 16.0. The molecule has 2 aliphatic rings. The molecular formula is C53H28N6S2. The second kappa shape index (κ2) is 12.8. The maximum Gasteiger partial charge on any atom is 0.0991 e. The summed E-state index contributed by atoms with van der Waals surface area (Å²) in [4.78, 5) is 1.28. The van der Waals surface area contributed by atoms with Crippen LogP contribution in [0.5, 0.6) is 0 Å². The van der Waals surface area contributed by atoms with Gasteiger partial charge >= 0.3 is 0 Å². The van der Waals surface area contributed by atoms with E-state index >= 15 is 0 Å². The Morgan fingerprint density at radius 3 is 1.56 bits per heavy atom. The maximum atomic E-state index is 9.74. The first-order valence-electron chi connectivity index (χ1n) is 19.8. The number of nitriles is 4. The average molecular weight is 813 g/mol. The summed E-state index contributed by atoms with van der Waals surface area (Å²) < 4.78 is 6.94. The number of allylic oxidation sites excluding steroid dienone is 3. The minimum absolute atomic E-state index is 0.227. The van der Waals surface area contributed by atoms with E-state index in [2.05, 4.69) is 113 Å². The predicted molar refractivity (Wildman–Crippen MR) is 248 cm³/mol. The molecule has 0 spiro atoms. The molecule has 3 aromatic heterocycles. The van der Waals surface area contributed by atoms with Crippen LogP contribution in [0.25, 0.3) is 86.3 Å². The number of thiophene rings is 1. The number of benzene rings is 7. The fraction of sp³-hybridized carbons (Fsp3) is 0.0566. The first kappa shape index (κ1) is 35.1. The van der Waals surface area contributed by atoms with E-state index in [0.29, 0.717) is 22.3 Å².